The average molecular weight is 353 g/mol. The van der Waals surface area contributed by atoms with E-state index in [4.69, 9.17) is 4.74 Å². The fourth-order valence-corrected chi connectivity index (χ4v) is 2.78. The number of rotatable bonds is 5. The molecule has 0 bridgehead atoms. The zero-order valence-corrected chi connectivity index (χ0v) is 14.0. The van der Waals surface area contributed by atoms with Crippen LogP contribution in [0.3, 0.4) is 0 Å². The molecule has 0 heterocycles. The third kappa shape index (κ3) is 3.64. The van der Waals surface area contributed by atoms with E-state index in [2.05, 4.69) is 0 Å². The van der Waals surface area contributed by atoms with E-state index >= 15 is 0 Å². The average Bonchev–Trinajstić information content (AvgIpc) is 2.64. The van der Waals surface area contributed by atoms with Gasteiger partial charge in [-0.1, -0.05) is 24.3 Å². The first-order valence-electron chi connectivity index (χ1n) is 7.87. The maximum Gasteiger partial charge on any atom is 0.270 e. The van der Waals surface area contributed by atoms with E-state index in [9.17, 15) is 19.6 Å². The molecule has 0 aromatic heterocycles. The molecule has 1 N–H and O–H groups in total. The van der Waals surface area contributed by atoms with E-state index in [1.807, 2.05) is 12.1 Å². The molecular formula is C20H16FNO4. The van der Waals surface area contributed by atoms with E-state index in [0.717, 1.165) is 11.6 Å². The van der Waals surface area contributed by atoms with Crippen LogP contribution in [0.25, 0.3) is 11.1 Å². The lowest BCUT2D eigenvalue weighted by Crippen LogP contribution is -1.94. The lowest BCUT2D eigenvalue weighted by molar-refractivity contribution is -0.384. The van der Waals surface area contributed by atoms with Crippen molar-refractivity contribution in [3.63, 3.8) is 0 Å². The number of benzene rings is 3. The summed E-state index contributed by atoms with van der Waals surface area (Å²) in [5.41, 5.74) is 2.79. The number of hydrogen-bond donors (Lipinski definition) is 1. The summed E-state index contributed by atoms with van der Waals surface area (Å²) in [6.07, 6.45) is 0.387. The number of nitrogens with zero attached hydrogens (tertiary/aromatic N) is 1. The van der Waals surface area contributed by atoms with E-state index in [0.29, 0.717) is 28.9 Å². The first kappa shape index (κ1) is 17.4. The third-order valence-electron chi connectivity index (χ3n) is 4.07. The summed E-state index contributed by atoms with van der Waals surface area (Å²) in [6.45, 7) is 0. The van der Waals surface area contributed by atoms with Gasteiger partial charge in [-0.05, 0) is 34.9 Å². The highest BCUT2D eigenvalue weighted by Crippen LogP contribution is 2.34. The molecule has 3 aromatic carbocycles. The summed E-state index contributed by atoms with van der Waals surface area (Å²) in [5, 5.41) is 20.9. The van der Waals surface area contributed by atoms with Gasteiger partial charge in [0.25, 0.3) is 5.69 Å². The van der Waals surface area contributed by atoms with Gasteiger partial charge in [0.15, 0.2) is 0 Å². The molecule has 0 aliphatic heterocycles. The van der Waals surface area contributed by atoms with Crippen molar-refractivity contribution in [1.82, 2.24) is 0 Å². The first-order valence-corrected chi connectivity index (χ1v) is 7.87. The van der Waals surface area contributed by atoms with Crippen LogP contribution in [-0.4, -0.2) is 17.1 Å². The quantitative estimate of drug-likeness (QED) is 0.533. The normalized spacial score (nSPS) is 10.5. The van der Waals surface area contributed by atoms with Crippen molar-refractivity contribution >= 4 is 5.69 Å². The Hall–Kier alpha value is -3.41. The Bertz CT molecular complexity index is 972. The zero-order chi connectivity index (χ0) is 18.7. The second-order valence-electron chi connectivity index (χ2n) is 5.79. The molecule has 0 saturated carbocycles. The molecule has 26 heavy (non-hydrogen) atoms. The van der Waals surface area contributed by atoms with Crippen LogP contribution in [0.5, 0.6) is 11.5 Å². The van der Waals surface area contributed by atoms with Crippen LogP contribution < -0.4 is 4.74 Å². The van der Waals surface area contributed by atoms with Crippen LogP contribution in [0.2, 0.25) is 0 Å². The van der Waals surface area contributed by atoms with Gasteiger partial charge in [-0.15, -0.1) is 0 Å². The summed E-state index contributed by atoms with van der Waals surface area (Å²) < 4.78 is 18.5. The van der Waals surface area contributed by atoms with Gasteiger partial charge in [0, 0.05) is 30.2 Å². The Labute approximate surface area is 149 Å². The summed E-state index contributed by atoms with van der Waals surface area (Å²) in [4.78, 5) is 10.6. The number of non-ortho nitro benzene ring substituents is 1. The fourth-order valence-electron chi connectivity index (χ4n) is 2.78. The van der Waals surface area contributed by atoms with Gasteiger partial charge in [0.05, 0.1) is 12.0 Å². The van der Waals surface area contributed by atoms with Crippen LogP contribution in [0.15, 0.2) is 60.7 Å². The maximum absolute atomic E-state index is 13.1. The number of methoxy groups -OCH3 is 1. The third-order valence-corrected chi connectivity index (χ3v) is 4.07. The van der Waals surface area contributed by atoms with Gasteiger partial charge < -0.3 is 9.84 Å². The largest absolute Gasteiger partial charge is 0.508 e. The smallest absolute Gasteiger partial charge is 0.270 e. The lowest BCUT2D eigenvalue weighted by atomic mass is 9.97. The highest BCUT2D eigenvalue weighted by molar-refractivity contribution is 5.73. The van der Waals surface area contributed by atoms with Crippen LogP contribution in [0, 0.1) is 15.9 Å². The molecule has 0 amide bonds. The summed E-state index contributed by atoms with van der Waals surface area (Å²) >= 11 is 0. The van der Waals surface area contributed by atoms with Crippen molar-refractivity contribution in [3.05, 3.63) is 87.7 Å². The molecule has 0 unspecified atom stereocenters. The van der Waals surface area contributed by atoms with Crippen molar-refractivity contribution < 1.29 is 19.2 Å². The molecule has 3 aromatic rings. The molecule has 3 rings (SSSR count). The van der Waals surface area contributed by atoms with Gasteiger partial charge >= 0.3 is 0 Å². The molecule has 0 aliphatic carbocycles. The van der Waals surface area contributed by atoms with Gasteiger partial charge in [0.1, 0.15) is 17.3 Å². The molecular weight excluding hydrogens is 337 g/mol. The van der Waals surface area contributed by atoms with Crippen molar-refractivity contribution in [2.24, 2.45) is 0 Å². The van der Waals surface area contributed by atoms with Gasteiger partial charge in [-0.2, -0.15) is 0 Å². The molecule has 0 atom stereocenters. The van der Waals surface area contributed by atoms with Crippen molar-refractivity contribution in [2.45, 2.75) is 6.42 Å². The van der Waals surface area contributed by atoms with Crippen LogP contribution >= 0.6 is 0 Å². The highest BCUT2D eigenvalue weighted by Gasteiger charge is 2.13. The minimum absolute atomic E-state index is 0.00821. The highest BCUT2D eigenvalue weighted by atomic mass is 19.1. The number of phenols is 1. The van der Waals surface area contributed by atoms with Gasteiger partial charge in [-0.25, -0.2) is 4.39 Å². The standard InChI is InChI=1S/C20H16FNO4/c1-26-20-8-5-13(9-15-6-7-16(21)12-19(15)23)10-18(20)14-3-2-4-17(11-14)22(24)25/h2-8,10-12,23H,9H2,1H3. The molecule has 5 nitrogen and oxygen atoms in total. The molecule has 0 spiro atoms. The first-order chi connectivity index (χ1) is 12.5. The van der Waals surface area contributed by atoms with E-state index < -0.39 is 10.7 Å². The Morgan fingerprint density at radius 1 is 1.12 bits per heavy atom. The number of halogens is 1. The zero-order valence-electron chi connectivity index (χ0n) is 14.0. The Morgan fingerprint density at radius 2 is 1.92 bits per heavy atom. The predicted molar refractivity (Wildman–Crippen MR) is 96.0 cm³/mol. The number of nitro groups is 1. The second kappa shape index (κ2) is 7.23. The monoisotopic (exact) mass is 353 g/mol. The number of nitro benzene ring substituents is 1. The Balaban J connectivity index is 2.01. The molecule has 0 saturated heterocycles. The Kier molecular flexibility index (Phi) is 4.84. The number of aromatic hydroxyl groups is 1. The lowest BCUT2D eigenvalue weighted by Gasteiger charge is -2.12. The van der Waals surface area contributed by atoms with Crippen molar-refractivity contribution in [2.75, 3.05) is 7.11 Å². The summed E-state index contributed by atoms with van der Waals surface area (Å²) in [5.74, 6) is -0.0337. The SMILES string of the molecule is COc1ccc(Cc2ccc(F)cc2O)cc1-c1cccc([N+](=O)[O-])c1. The number of phenolic OH excluding ortho intramolecular Hbond substituents is 1. The van der Waals surface area contributed by atoms with Crippen molar-refractivity contribution in [3.8, 4) is 22.6 Å². The molecule has 0 radical (unpaired) electrons. The van der Waals surface area contributed by atoms with Crippen LogP contribution in [0.4, 0.5) is 10.1 Å². The molecule has 132 valence electrons. The van der Waals surface area contributed by atoms with Gasteiger partial charge in [-0.3, -0.25) is 10.1 Å². The minimum Gasteiger partial charge on any atom is -0.508 e. The fraction of sp³-hybridized carbons (Fsp3) is 0.100. The second-order valence-corrected chi connectivity index (χ2v) is 5.79. The maximum atomic E-state index is 13.1. The summed E-state index contributed by atoms with van der Waals surface area (Å²) in [6, 6.07) is 15.6. The number of hydrogen-bond acceptors (Lipinski definition) is 4. The summed E-state index contributed by atoms with van der Waals surface area (Å²) in [7, 11) is 1.53. The van der Waals surface area contributed by atoms with E-state index in [-0.39, 0.29) is 11.4 Å². The predicted octanol–water partition coefficient (Wildman–Crippen LogP) is 4.71. The minimum atomic E-state index is -0.502. The van der Waals surface area contributed by atoms with E-state index in [1.165, 1.54) is 31.4 Å². The Morgan fingerprint density at radius 3 is 2.62 bits per heavy atom. The molecule has 0 aliphatic rings. The molecule has 0 fully saturated rings. The van der Waals surface area contributed by atoms with Gasteiger partial charge in [0.2, 0.25) is 0 Å². The van der Waals surface area contributed by atoms with E-state index in [1.54, 1.807) is 18.2 Å². The topological polar surface area (TPSA) is 72.6 Å². The molecule has 6 heteroatoms. The van der Waals surface area contributed by atoms with Crippen LogP contribution in [-0.2, 0) is 6.42 Å². The number of ether oxygens (including phenoxy) is 1. The van der Waals surface area contributed by atoms with Crippen LogP contribution in [0.1, 0.15) is 11.1 Å². The van der Waals surface area contributed by atoms with Crippen molar-refractivity contribution in [1.29, 1.82) is 0 Å².